The Morgan fingerprint density at radius 2 is 1.67 bits per heavy atom. The Morgan fingerprint density at radius 3 is 2.22 bits per heavy atom. The largest absolute Gasteiger partial charge is 0.491 e. The first kappa shape index (κ1) is 14.8. The first-order valence-corrected chi connectivity index (χ1v) is 5.81. The van der Waals surface area contributed by atoms with Crippen LogP contribution >= 0.6 is 0 Å². The van der Waals surface area contributed by atoms with E-state index in [1.165, 1.54) is 0 Å². The van der Waals surface area contributed by atoms with Crippen LogP contribution in [0.15, 0.2) is 24.3 Å². The maximum atomic E-state index is 5.47. The summed E-state index contributed by atoms with van der Waals surface area (Å²) in [5.74, 6) is 0.827. The molecule has 0 atom stereocenters. The normalized spacial score (nSPS) is 10.7. The molecule has 102 valence electrons. The topological polar surface area (TPSA) is 49.0 Å². The average Bonchev–Trinajstić information content (AvgIpc) is 2.42. The zero-order valence-corrected chi connectivity index (χ0v) is 11.1. The SMILES string of the molecule is COCCOc1ccc(NCC(OC)OC)cc1. The van der Waals surface area contributed by atoms with Crippen molar-refractivity contribution >= 4 is 5.69 Å². The van der Waals surface area contributed by atoms with E-state index in [0.717, 1.165) is 11.4 Å². The summed E-state index contributed by atoms with van der Waals surface area (Å²) in [6, 6.07) is 7.72. The molecule has 0 spiro atoms. The second kappa shape index (κ2) is 8.74. The molecule has 0 aromatic heterocycles. The second-order valence-corrected chi connectivity index (χ2v) is 3.65. The van der Waals surface area contributed by atoms with Crippen LogP contribution in [0.25, 0.3) is 0 Å². The van der Waals surface area contributed by atoms with Gasteiger partial charge >= 0.3 is 0 Å². The summed E-state index contributed by atoms with van der Waals surface area (Å²) < 4.78 is 20.6. The molecule has 0 heterocycles. The van der Waals surface area contributed by atoms with E-state index < -0.39 is 0 Å². The molecule has 0 aliphatic carbocycles. The summed E-state index contributed by atoms with van der Waals surface area (Å²) in [5.41, 5.74) is 0.994. The molecule has 1 aromatic carbocycles. The van der Waals surface area contributed by atoms with Gasteiger partial charge in [0, 0.05) is 27.0 Å². The lowest BCUT2D eigenvalue weighted by Crippen LogP contribution is -2.23. The van der Waals surface area contributed by atoms with Crippen LogP contribution in [0.5, 0.6) is 5.75 Å². The van der Waals surface area contributed by atoms with Crippen molar-refractivity contribution in [2.45, 2.75) is 6.29 Å². The van der Waals surface area contributed by atoms with Crippen molar-refractivity contribution < 1.29 is 18.9 Å². The Balaban J connectivity index is 2.35. The highest BCUT2D eigenvalue weighted by Gasteiger charge is 2.03. The quantitative estimate of drug-likeness (QED) is 0.538. The molecule has 0 aliphatic rings. The summed E-state index contributed by atoms with van der Waals surface area (Å²) in [6.07, 6.45) is -0.248. The fourth-order valence-electron chi connectivity index (χ4n) is 1.38. The van der Waals surface area contributed by atoms with Crippen molar-refractivity contribution in [3.05, 3.63) is 24.3 Å². The standard InChI is InChI=1S/C13H21NO4/c1-15-8-9-18-12-6-4-11(5-7-12)14-10-13(16-2)17-3/h4-7,13-14H,8-10H2,1-3H3. The number of hydrogen-bond acceptors (Lipinski definition) is 5. The number of methoxy groups -OCH3 is 3. The molecule has 18 heavy (non-hydrogen) atoms. The van der Waals surface area contributed by atoms with E-state index in [2.05, 4.69) is 5.32 Å². The van der Waals surface area contributed by atoms with Gasteiger partial charge in [-0.3, -0.25) is 0 Å². The summed E-state index contributed by atoms with van der Waals surface area (Å²) >= 11 is 0. The van der Waals surface area contributed by atoms with Gasteiger partial charge in [-0.25, -0.2) is 0 Å². The van der Waals surface area contributed by atoms with Crippen molar-refractivity contribution in [3.63, 3.8) is 0 Å². The van der Waals surface area contributed by atoms with E-state index in [4.69, 9.17) is 18.9 Å². The summed E-state index contributed by atoms with van der Waals surface area (Å²) in [4.78, 5) is 0. The number of anilines is 1. The predicted octanol–water partition coefficient (Wildman–Crippen LogP) is 1.74. The number of hydrogen-bond donors (Lipinski definition) is 1. The number of nitrogens with one attached hydrogen (secondary N) is 1. The highest BCUT2D eigenvalue weighted by molar-refractivity contribution is 5.46. The molecule has 1 rings (SSSR count). The number of ether oxygens (including phenoxy) is 4. The molecular weight excluding hydrogens is 234 g/mol. The van der Waals surface area contributed by atoms with E-state index in [0.29, 0.717) is 19.8 Å². The summed E-state index contributed by atoms with van der Waals surface area (Å²) in [5, 5.41) is 3.21. The van der Waals surface area contributed by atoms with Crippen LogP contribution in [-0.4, -0.2) is 47.4 Å². The molecule has 0 saturated heterocycles. The minimum atomic E-state index is -0.248. The molecule has 0 aliphatic heterocycles. The fraction of sp³-hybridized carbons (Fsp3) is 0.538. The molecular formula is C13H21NO4. The smallest absolute Gasteiger partial charge is 0.173 e. The molecule has 0 amide bonds. The van der Waals surface area contributed by atoms with Gasteiger partial charge in [0.15, 0.2) is 6.29 Å². The van der Waals surface area contributed by atoms with Crippen LogP contribution < -0.4 is 10.1 Å². The monoisotopic (exact) mass is 255 g/mol. The Hall–Kier alpha value is -1.30. The third-order valence-electron chi connectivity index (χ3n) is 2.41. The first-order chi connectivity index (χ1) is 8.80. The lowest BCUT2D eigenvalue weighted by atomic mass is 10.3. The molecule has 0 bridgehead atoms. The predicted molar refractivity (Wildman–Crippen MR) is 70.1 cm³/mol. The van der Waals surface area contributed by atoms with Gasteiger partial charge < -0.3 is 24.3 Å². The maximum absolute atomic E-state index is 5.47. The molecule has 0 radical (unpaired) electrons. The van der Waals surface area contributed by atoms with Crippen molar-refractivity contribution in [2.24, 2.45) is 0 Å². The van der Waals surface area contributed by atoms with Crippen LogP contribution in [0.2, 0.25) is 0 Å². The van der Waals surface area contributed by atoms with E-state index in [9.17, 15) is 0 Å². The zero-order chi connectivity index (χ0) is 13.2. The molecule has 1 N–H and O–H groups in total. The maximum Gasteiger partial charge on any atom is 0.173 e. The van der Waals surface area contributed by atoms with Gasteiger partial charge in [0.25, 0.3) is 0 Å². The van der Waals surface area contributed by atoms with Crippen LogP contribution in [0.1, 0.15) is 0 Å². The number of benzene rings is 1. The second-order valence-electron chi connectivity index (χ2n) is 3.65. The minimum Gasteiger partial charge on any atom is -0.491 e. The van der Waals surface area contributed by atoms with Crippen LogP contribution in [0.4, 0.5) is 5.69 Å². The molecule has 5 nitrogen and oxygen atoms in total. The zero-order valence-electron chi connectivity index (χ0n) is 11.1. The van der Waals surface area contributed by atoms with Gasteiger partial charge in [0.05, 0.1) is 13.2 Å². The Bertz CT molecular complexity index is 311. The first-order valence-electron chi connectivity index (χ1n) is 5.81. The Labute approximate surface area is 108 Å². The minimum absolute atomic E-state index is 0.248. The van der Waals surface area contributed by atoms with Gasteiger partial charge in [-0.2, -0.15) is 0 Å². The molecule has 0 fully saturated rings. The highest BCUT2D eigenvalue weighted by atomic mass is 16.7. The van der Waals surface area contributed by atoms with Crippen molar-refractivity contribution in [3.8, 4) is 5.75 Å². The van der Waals surface area contributed by atoms with Gasteiger partial charge in [-0.05, 0) is 24.3 Å². The summed E-state index contributed by atoms with van der Waals surface area (Å²) in [7, 11) is 4.88. The van der Waals surface area contributed by atoms with Crippen molar-refractivity contribution in [2.75, 3.05) is 46.4 Å². The van der Waals surface area contributed by atoms with Crippen molar-refractivity contribution in [1.82, 2.24) is 0 Å². The average molecular weight is 255 g/mol. The van der Waals surface area contributed by atoms with E-state index in [1.54, 1.807) is 21.3 Å². The van der Waals surface area contributed by atoms with E-state index >= 15 is 0 Å². The summed E-state index contributed by atoms with van der Waals surface area (Å²) in [6.45, 7) is 1.74. The molecule has 0 unspecified atom stereocenters. The third kappa shape index (κ3) is 5.35. The Morgan fingerprint density at radius 1 is 1.00 bits per heavy atom. The van der Waals surface area contributed by atoms with Gasteiger partial charge in [0.2, 0.25) is 0 Å². The Kier molecular flexibility index (Phi) is 7.17. The van der Waals surface area contributed by atoms with E-state index in [1.807, 2.05) is 24.3 Å². The van der Waals surface area contributed by atoms with Gasteiger partial charge in [0.1, 0.15) is 12.4 Å². The molecule has 0 saturated carbocycles. The van der Waals surface area contributed by atoms with Crippen LogP contribution in [0.3, 0.4) is 0 Å². The third-order valence-corrected chi connectivity index (χ3v) is 2.41. The lowest BCUT2D eigenvalue weighted by molar-refractivity contribution is -0.0914. The van der Waals surface area contributed by atoms with E-state index in [-0.39, 0.29) is 6.29 Å². The molecule has 1 aromatic rings. The van der Waals surface area contributed by atoms with Crippen LogP contribution in [-0.2, 0) is 14.2 Å². The van der Waals surface area contributed by atoms with Gasteiger partial charge in [-0.15, -0.1) is 0 Å². The van der Waals surface area contributed by atoms with Crippen molar-refractivity contribution in [1.29, 1.82) is 0 Å². The highest BCUT2D eigenvalue weighted by Crippen LogP contribution is 2.15. The van der Waals surface area contributed by atoms with Crippen LogP contribution in [0, 0.1) is 0 Å². The molecule has 5 heteroatoms. The lowest BCUT2D eigenvalue weighted by Gasteiger charge is -2.15. The van der Waals surface area contributed by atoms with Gasteiger partial charge in [-0.1, -0.05) is 0 Å². The number of rotatable bonds is 9. The fourth-order valence-corrected chi connectivity index (χ4v) is 1.38.